The minimum absolute atomic E-state index is 0.0472. The first-order valence-corrected chi connectivity index (χ1v) is 6.80. The van der Waals surface area contributed by atoms with Crippen LogP contribution < -0.4 is 0 Å². The standard InChI is InChI=1S/C18H11F2NO2/c19-13-5-1-11(2-6-13)16-10-21-17(9-15(16)18(22)23)12-3-7-14(20)8-4-12/h1-10H,(H,22,23). The predicted molar refractivity (Wildman–Crippen MR) is 82.0 cm³/mol. The summed E-state index contributed by atoms with van der Waals surface area (Å²) in [4.78, 5) is 15.8. The van der Waals surface area contributed by atoms with Crippen molar-refractivity contribution >= 4 is 5.97 Å². The normalized spacial score (nSPS) is 10.5. The Morgan fingerprint density at radius 2 is 1.39 bits per heavy atom. The SMILES string of the molecule is O=C(O)c1cc(-c2ccc(F)cc2)ncc1-c1ccc(F)cc1. The molecule has 23 heavy (non-hydrogen) atoms. The molecule has 1 heterocycles. The Morgan fingerprint density at radius 3 is 1.91 bits per heavy atom. The Morgan fingerprint density at radius 1 is 0.870 bits per heavy atom. The molecule has 3 rings (SSSR count). The molecule has 0 radical (unpaired) electrons. The molecule has 1 aromatic heterocycles. The van der Waals surface area contributed by atoms with Crippen LogP contribution in [0.15, 0.2) is 60.8 Å². The summed E-state index contributed by atoms with van der Waals surface area (Å²) >= 11 is 0. The van der Waals surface area contributed by atoms with E-state index in [4.69, 9.17) is 0 Å². The van der Waals surface area contributed by atoms with Gasteiger partial charge >= 0.3 is 5.97 Å². The Bertz CT molecular complexity index is 859. The molecule has 0 saturated carbocycles. The molecule has 0 bridgehead atoms. The van der Waals surface area contributed by atoms with E-state index in [2.05, 4.69) is 4.98 Å². The number of rotatable bonds is 3. The fourth-order valence-electron chi connectivity index (χ4n) is 2.27. The van der Waals surface area contributed by atoms with E-state index in [0.717, 1.165) is 0 Å². The third kappa shape index (κ3) is 3.08. The molecule has 0 amide bonds. The number of hydrogen-bond donors (Lipinski definition) is 1. The molecule has 0 fully saturated rings. The molecule has 0 atom stereocenters. The minimum atomic E-state index is -1.12. The Kier molecular flexibility index (Phi) is 3.85. The van der Waals surface area contributed by atoms with Crippen LogP contribution in [0.25, 0.3) is 22.4 Å². The number of carboxylic acid groups (broad SMARTS) is 1. The fraction of sp³-hybridized carbons (Fsp3) is 0. The van der Waals surface area contributed by atoms with Gasteiger partial charge in [-0.1, -0.05) is 12.1 Å². The number of aromatic nitrogens is 1. The van der Waals surface area contributed by atoms with Crippen LogP contribution in [0, 0.1) is 11.6 Å². The number of pyridine rings is 1. The lowest BCUT2D eigenvalue weighted by Gasteiger charge is -2.09. The maximum atomic E-state index is 13.0. The highest BCUT2D eigenvalue weighted by molar-refractivity contribution is 5.96. The lowest BCUT2D eigenvalue weighted by Crippen LogP contribution is -2.01. The molecule has 0 saturated heterocycles. The van der Waals surface area contributed by atoms with Crippen LogP contribution in [-0.2, 0) is 0 Å². The summed E-state index contributed by atoms with van der Waals surface area (Å²) in [7, 11) is 0. The van der Waals surface area contributed by atoms with E-state index in [1.54, 1.807) is 0 Å². The van der Waals surface area contributed by atoms with Crippen molar-refractivity contribution in [1.82, 2.24) is 4.98 Å². The molecule has 2 aromatic carbocycles. The largest absolute Gasteiger partial charge is 0.478 e. The van der Waals surface area contributed by atoms with E-state index in [1.807, 2.05) is 0 Å². The molecule has 114 valence electrons. The highest BCUT2D eigenvalue weighted by Gasteiger charge is 2.14. The zero-order valence-corrected chi connectivity index (χ0v) is 11.8. The smallest absolute Gasteiger partial charge is 0.336 e. The lowest BCUT2D eigenvalue weighted by atomic mass is 9.99. The van der Waals surface area contributed by atoms with Gasteiger partial charge in [0.2, 0.25) is 0 Å². The Hall–Kier alpha value is -3.08. The van der Waals surface area contributed by atoms with Gasteiger partial charge in [-0.3, -0.25) is 4.98 Å². The molecule has 3 aromatic rings. The number of benzene rings is 2. The third-order valence-corrected chi connectivity index (χ3v) is 3.43. The van der Waals surface area contributed by atoms with Gasteiger partial charge in [0, 0.05) is 17.3 Å². The molecular formula is C18H11F2NO2. The van der Waals surface area contributed by atoms with Gasteiger partial charge in [0.05, 0.1) is 11.3 Å². The lowest BCUT2D eigenvalue weighted by molar-refractivity contribution is 0.0697. The number of hydrogen-bond acceptors (Lipinski definition) is 2. The van der Waals surface area contributed by atoms with Crippen molar-refractivity contribution in [3.05, 3.63) is 78.0 Å². The van der Waals surface area contributed by atoms with E-state index in [9.17, 15) is 18.7 Å². The van der Waals surface area contributed by atoms with E-state index in [1.165, 1.54) is 60.8 Å². The van der Waals surface area contributed by atoms with Gasteiger partial charge in [-0.25, -0.2) is 13.6 Å². The molecule has 5 heteroatoms. The van der Waals surface area contributed by atoms with E-state index >= 15 is 0 Å². The first kappa shape index (κ1) is 14.8. The summed E-state index contributed by atoms with van der Waals surface area (Å²) in [6.07, 6.45) is 1.43. The van der Waals surface area contributed by atoms with E-state index < -0.39 is 11.8 Å². The van der Waals surface area contributed by atoms with Crippen LogP contribution in [0.4, 0.5) is 8.78 Å². The summed E-state index contributed by atoms with van der Waals surface area (Å²) in [5, 5.41) is 9.44. The average molecular weight is 311 g/mol. The van der Waals surface area contributed by atoms with Gasteiger partial charge in [0.1, 0.15) is 11.6 Å². The summed E-state index contributed by atoms with van der Waals surface area (Å²) in [5.74, 6) is -1.90. The van der Waals surface area contributed by atoms with Crippen LogP contribution >= 0.6 is 0 Å². The maximum Gasteiger partial charge on any atom is 0.336 e. The van der Waals surface area contributed by atoms with Crippen molar-refractivity contribution in [2.75, 3.05) is 0 Å². The fourth-order valence-corrected chi connectivity index (χ4v) is 2.27. The Labute approximate surface area is 130 Å². The van der Waals surface area contributed by atoms with Crippen LogP contribution in [0.5, 0.6) is 0 Å². The van der Waals surface area contributed by atoms with Crippen molar-refractivity contribution in [3.63, 3.8) is 0 Å². The molecular weight excluding hydrogens is 300 g/mol. The molecule has 0 spiro atoms. The van der Waals surface area contributed by atoms with Gasteiger partial charge in [0.15, 0.2) is 0 Å². The van der Waals surface area contributed by atoms with Gasteiger partial charge in [-0.05, 0) is 48.0 Å². The molecule has 0 unspecified atom stereocenters. The number of carboxylic acids is 1. The number of nitrogens with zero attached hydrogens (tertiary/aromatic N) is 1. The monoisotopic (exact) mass is 311 g/mol. The summed E-state index contributed by atoms with van der Waals surface area (Å²) in [6, 6.07) is 12.6. The summed E-state index contributed by atoms with van der Waals surface area (Å²) < 4.78 is 26.0. The van der Waals surface area contributed by atoms with Crippen LogP contribution in [0.1, 0.15) is 10.4 Å². The molecule has 0 aliphatic heterocycles. The maximum absolute atomic E-state index is 13.0. The van der Waals surface area contributed by atoms with Crippen molar-refractivity contribution in [2.24, 2.45) is 0 Å². The quantitative estimate of drug-likeness (QED) is 0.780. The zero-order valence-electron chi connectivity index (χ0n) is 11.8. The van der Waals surface area contributed by atoms with Crippen LogP contribution in [0.3, 0.4) is 0 Å². The topological polar surface area (TPSA) is 50.2 Å². The highest BCUT2D eigenvalue weighted by atomic mass is 19.1. The second-order valence-electron chi connectivity index (χ2n) is 4.93. The Balaban J connectivity index is 2.10. The van der Waals surface area contributed by atoms with Crippen molar-refractivity contribution in [1.29, 1.82) is 0 Å². The average Bonchev–Trinajstić information content (AvgIpc) is 2.56. The number of aromatic carboxylic acids is 1. The third-order valence-electron chi connectivity index (χ3n) is 3.43. The summed E-state index contributed by atoms with van der Waals surface area (Å²) in [6.45, 7) is 0. The van der Waals surface area contributed by atoms with E-state index in [-0.39, 0.29) is 11.4 Å². The van der Waals surface area contributed by atoms with Crippen LogP contribution in [0.2, 0.25) is 0 Å². The number of carbonyl (C=O) groups is 1. The summed E-state index contributed by atoms with van der Waals surface area (Å²) in [5.41, 5.74) is 2.03. The van der Waals surface area contributed by atoms with Gasteiger partial charge < -0.3 is 5.11 Å². The molecule has 1 N–H and O–H groups in total. The first-order valence-electron chi connectivity index (χ1n) is 6.80. The predicted octanol–water partition coefficient (Wildman–Crippen LogP) is 4.39. The molecule has 0 aliphatic rings. The molecule has 0 aliphatic carbocycles. The van der Waals surface area contributed by atoms with Gasteiger partial charge in [-0.2, -0.15) is 0 Å². The zero-order chi connectivity index (χ0) is 16.4. The minimum Gasteiger partial charge on any atom is -0.478 e. The van der Waals surface area contributed by atoms with Gasteiger partial charge in [0.25, 0.3) is 0 Å². The van der Waals surface area contributed by atoms with Crippen LogP contribution in [-0.4, -0.2) is 16.1 Å². The second kappa shape index (κ2) is 5.96. The number of halogens is 2. The van der Waals surface area contributed by atoms with Gasteiger partial charge in [-0.15, -0.1) is 0 Å². The van der Waals surface area contributed by atoms with Crippen molar-refractivity contribution in [3.8, 4) is 22.4 Å². The van der Waals surface area contributed by atoms with E-state index in [0.29, 0.717) is 22.4 Å². The highest BCUT2D eigenvalue weighted by Crippen LogP contribution is 2.27. The second-order valence-corrected chi connectivity index (χ2v) is 4.93. The molecule has 3 nitrogen and oxygen atoms in total. The first-order chi connectivity index (χ1) is 11.0. The van der Waals surface area contributed by atoms with Crippen molar-refractivity contribution in [2.45, 2.75) is 0 Å². The van der Waals surface area contributed by atoms with Crippen molar-refractivity contribution < 1.29 is 18.7 Å².